The number of benzene rings is 6. The first kappa shape index (κ1) is 36.6. The molecule has 0 fully saturated rings. The van der Waals surface area contributed by atoms with Crippen molar-refractivity contribution in [2.45, 2.75) is 65.6 Å². The van der Waals surface area contributed by atoms with Crippen LogP contribution >= 0.6 is 22.6 Å². The molecule has 6 aromatic rings. The van der Waals surface area contributed by atoms with Crippen LogP contribution in [-0.2, 0) is 38.9 Å². The van der Waals surface area contributed by atoms with Gasteiger partial charge < -0.3 is 18.9 Å². The van der Waals surface area contributed by atoms with Crippen molar-refractivity contribution in [1.29, 1.82) is 0 Å². The summed E-state index contributed by atoms with van der Waals surface area (Å²) in [7, 11) is 0. The largest absolute Gasteiger partial charge is 0.493 e. The minimum absolute atomic E-state index is 0.487. The van der Waals surface area contributed by atoms with Gasteiger partial charge in [-0.15, -0.1) is 0 Å². The lowest BCUT2D eigenvalue weighted by Gasteiger charge is -2.23. The fourth-order valence-corrected chi connectivity index (χ4v) is 7.73. The summed E-state index contributed by atoms with van der Waals surface area (Å²) in [5.41, 5.74) is 11.5. The second-order valence-corrected chi connectivity index (χ2v) is 14.8. The molecule has 5 heteroatoms. The minimum atomic E-state index is 0.487. The van der Waals surface area contributed by atoms with Crippen LogP contribution < -0.4 is 18.9 Å². The van der Waals surface area contributed by atoms with Crippen LogP contribution in [0.4, 0.5) is 0 Å². The van der Waals surface area contributed by atoms with Gasteiger partial charge in [0, 0.05) is 34.8 Å². The zero-order valence-corrected chi connectivity index (χ0v) is 32.9. The van der Waals surface area contributed by atoms with E-state index in [2.05, 4.69) is 152 Å². The van der Waals surface area contributed by atoms with Gasteiger partial charge in [-0.25, -0.2) is 0 Å². The molecule has 0 aliphatic heterocycles. The van der Waals surface area contributed by atoms with E-state index in [1.165, 1.54) is 9.13 Å². The Balaban J connectivity index is 1.41. The van der Waals surface area contributed by atoms with Crippen molar-refractivity contribution in [2.75, 3.05) is 13.2 Å². The molecule has 4 nitrogen and oxygen atoms in total. The van der Waals surface area contributed by atoms with E-state index in [0.29, 0.717) is 52.1 Å². The lowest BCUT2D eigenvalue weighted by Crippen LogP contribution is -2.10. The van der Waals surface area contributed by atoms with Crippen molar-refractivity contribution < 1.29 is 18.9 Å². The van der Waals surface area contributed by atoms with Gasteiger partial charge in [-0.05, 0) is 91.6 Å². The predicted octanol–water partition coefficient (Wildman–Crippen LogP) is 11.7. The molecule has 0 atom stereocenters. The molecule has 7 rings (SSSR count). The molecule has 270 valence electrons. The zero-order chi connectivity index (χ0) is 36.4. The summed E-state index contributed by atoms with van der Waals surface area (Å²) < 4.78 is 28.2. The highest BCUT2D eigenvalue weighted by molar-refractivity contribution is 14.1. The highest BCUT2D eigenvalue weighted by Crippen LogP contribution is 2.40. The average Bonchev–Trinajstić information content (AvgIpc) is 3.18. The third kappa shape index (κ3) is 8.90. The molecule has 1 aliphatic rings. The summed E-state index contributed by atoms with van der Waals surface area (Å²) in [6, 6.07) is 45.1. The van der Waals surface area contributed by atoms with Crippen LogP contribution in [-0.4, -0.2) is 13.2 Å². The molecule has 53 heavy (non-hydrogen) atoms. The van der Waals surface area contributed by atoms with Crippen molar-refractivity contribution in [3.05, 3.63) is 187 Å². The van der Waals surface area contributed by atoms with Crippen molar-refractivity contribution in [3.63, 3.8) is 0 Å². The van der Waals surface area contributed by atoms with Gasteiger partial charge >= 0.3 is 0 Å². The van der Waals surface area contributed by atoms with Gasteiger partial charge in [0.15, 0.2) is 0 Å². The molecular weight excluding hydrogens is 767 g/mol. The molecule has 1 aliphatic carbocycles. The normalized spacial score (nSPS) is 12.2. The summed E-state index contributed by atoms with van der Waals surface area (Å²) in [5, 5.41) is 0. The first-order valence-electron chi connectivity index (χ1n) is 18.8. The lowest BCUT2D eigenvalue weighted by atomic mass is 9.91. The second-order valence-electron chi connectivity index (χ2n) is 13.7. The Hall–Kier alpha value is -4.75. The number of hydrogen-bond acceptors (Lipinski definition) is 4. The molecule has 0 saturated carbocycles. The predicted molar refractivity (Wildman–Crippen MR) is 223 cm³/mol. The molecule has 8 bridgehead atoms. The van der Waals surface area contributed by atoms with Crippen molar-refractivity contribution in [3.8, 4) is 23.0 Å². The number of ether oxygens (including phenoxy) is 4. The van der Waals surface area contributed by atoms with Crippen LogP contribution in [0.3, 0.4) is 0 Å². The quantitative estimate of drug-likeness (QED) is 0.115. The maximum Gasteiger partial charge on any atom is 0.127 e. The molecule has 0 amide bonds. The molecule has 0 unspecified atom stereocenters. The Morgan fingerprint density at radius 3 is 1.21 bits per heavy atom. The molecule has 0 heterocycles. The van der Waals surface area contributed by atoms with E-state index in [-0.39, 0.29) is 0 Å². The molecular formula is C48H47IO4. The highest BCUT2D eigenvalue weighted by Gasteiger charge is 2.23. The maximum absolute atomic E-state index is 6.84. The molecule has 0 spiro atoms. The first-order chi connectivity index (χ1) is 26.1. The van der Waals surface area contributed by atoms with Gasteiger partial charge in [-0.2, -0.15) is 0 Å². The average molecular weight is 815 g/mol. The molecule has 0 aromatic heterocycles. The summed E-state index contributed by atoms with van der Waals surface area (Å²) in [6.07, 6.45) is 4.57. The fraction of sp³-hybridized carbons (Fsp3) is 0.250. The van der Waals surface area contributed by atoms with Gasteiger partial charge in [0.1, 0.15) is 36.2 Å². The van der Waals surface area contributed by atoms with E-state index in [9.17, 15) is 0 Å². The second kappa shape index (κ2) is 17.8. The van der Waals surface area contributed by atoms with E-state index in [4.69, 9.17) is 18.9 Å². The molecule has 0 saturated heterocycles. The van der Waals surface area contributed by atoms with E-state index in [1.54, 1.807) is 0 Å². The molecule has 0 radical (unpaired) electrons. The summed E-state index contributed by atoms with van der Waals surface area (Å²) in [6.45, 7) is 6.59. The number of hydrogen-bond donors (Lipinski definition) is 0. The van der Waals surface area contributed by atoms with Crippen molar-refractivity contribution in [1.82, 2.24) is 0 Å². The summed E-state index contributed by atoms with van der Waals surface area (Å²) in [4.78, 5) is 0. The summed E-state index contributed by atoms with van der Waals surface area (Å²) in [5.74, 6) is 3.78. The Labute approximate surface area is 328 Å². The zero-order valence-electron chi connectivity index (χ0n) is 30.7. The topological polar surface area (TPSA) is 36.9 Å². The molecule has 6 aromatic carbocycles. The Morgan fingerprint density at radius 1 is 0.396 bits per heavy atom. The molecule has 0 N–H and O–H groups in total. The monoisotopic (exact) mass is 814 g/mol. The number of halogens is 1. The van der Waals surface area contributed by atoms with E-state index in [1.807, 2.05) is 12.1 Å². The summed E-state index contributed by atoms with van der Waals surface area (Å²) >= 11 is 2.48. The van der Waals surface area contributed by atoms with Crippen LogP contribution in [0.25, 0.3) is 0 Å². The van der Waals surface area contributed by atoms with E-state index >= 15 is 0 Å². The first-order valence-corrected chi connectivity index (χ1v) is 19.9. The van der Waals surface area contributed by atoms with Gasteiger partial charge in [0.05, 0.1) is 13.2 Å². The van der Waals surface area contributed by atoms with Crippen LogP contribution in [0.2, 0.25) is 0 Å². The van der Waals surface area contributed by atoms with Crippen LogP contribution in [0.15, 0.2) is 127 Å². The minimum Gasteiger partial charge on any atom is -0.493 e. The van der Waals surface area contributed by atoms with Crippen molar-refractivity contribution in [2.24, 2.45) is 0 Å². The van der Waals surface area contributed by atoms with Gasteiger partial charge in [-0.1, -0.05) is 135 Å². The third-order valence-electron chi connectivity index (χ3n) is 9.68. The smallest absolute Gasteiger partial charge is 0.127 e. The standard InChI is InChI=1S/C48H47IO4/c1-3-26-50-45-36-18-11-19-37(45)29-39-22-13-23-41(47(39)53-33-35-16-9-6-10-17-35)31-43-44(49)25-24-42(48(43)51-27-4-2)30-40-21-12-20-38(28-36)46(40)52-32-34-14-7-5-8-15-34/h5-25H,3-4,26-33H2,1-2H3. The van der Waals surface area contributed by atoms with Gasteiger partial charge in [0.25, 0.3) is 0 Å². The van der Waals surface area contributed by atoms with Crippen molar-refractivity contribution >= 4 is 22.6 Å². The van der Waals surface area contributed by atoms with E-state index in [0.717, 1.165) is 85.9 Å². The van der Waals surface area contributed by atoms with E-state index < -0.39 is 0 Å². The van der Waals surface area contributed by atoms with Gasteiger partial charge in [0.2, 0.25) is 0 Å². The highest BCUT2D eigenvalue weighted by atomic mass is 127. The third-order valence-corrected chi connectivity index (χ3v) is 10.7. The maximum atomic E-state index is 6.84. The Morgan fingerprint density at radius 2 is 0.774 bits per heavy atom. The number of fused-ring (bicyclic) bond motifs is 8. The number of para-hydroxylation sites is 3. The Bertz CT molecular complexity index is 2130. The number of rotatable bonds is 12. The van der Waals surface area contributed by atoms with Crippen LogP contribution in [0.1, 0.15) is 82.3 Å². The van der Waals surface area contributed by atoms with Crippen LogP contribution in [0, 0.1) is 3.57 Å². The van der Waals surface area contributed by atoms with Crippen LogP contribution in [0.5, 0.6) is 23.0 Å². The van der Waals surface area contributed by atoms with Gasteiger partial charge in [-0.3, -0.25) is 0 Å². The Kier molecular flexibility index (Phi) is 12.3. The SMILES string of the molecule is CCCOc1c2cccc1Cc1cccc(c1OCc1ccccc1)Cc1c(I)ccc(c1OCCC)Cc1cccc(c1OCc1ccccc1)C2. The lowest BCUT2D eigenvalue weighted by molar-refractivity contribution is 0.297. The fourth-order valence-electron chi connectivity index (χ4n) is 7.12.